The molecule has 0 radical (unpaired) electrons. The molecule has 7 heavy (non-hydrogen) atoms. The van der Waals surface area contributed by atoms with Gasteiger partial charge >= 0.3 is 0 Å². The molecule has 1 aliphatic heterocycles. The van der Waals surface area contributed by atoms with E-state index in [1.165, 1.54) is 0 Å². The van der Waals surface area contributed by atoms with Gasteiger partial charge < -0.3 is 0 Å². The molecule has 0 aliphatic carbocycles. The Kier molecular flexibility index (Phi) is 1.54. The van der Waals surface area contributed by atoms with Crippen LogP contribution < -0.4 is 0 Å². The first-order chi connectivity index (χ1) is 3.30. The predicted octanol–water partition coefficient (Wildman–Crippen LogP) is 0.856. The molecule has 0 aromatic heterocycles. The van der Waals surface area contributed by atoms with Crippen molar-refractivity contribution in [3.05, 3.63) is 0 Å². The maximum atomic E-state index is 10.5. The summed E-state index contributed by atoms with van der Waals surface area (Å²) in [6, 6.07) is 0. The highest BCUT2D eigenvalue weighted by Crippen LogP contribution is 2.08. The number of hydrogen-bond acceptors (Lipinski definition) is 2. The van der Waals surface area contributed by atoms with E-state index in [-0.39, 0.29) is 0 Å². The Hall–Kier alpha value is 0.240. The second kappa shape index (κ2) is 2.01. The highest BCUT2D eigenvalue weighted by Gasteiger charge is 2.13. The molecule has 0 N–H and O–H groups in total. The number of rotatable bonds is 0. The van der Waals surface area contributed by atoms with Gasteiger partial charge in [-0.25, -0.2) is 0 Å². The number of hydrogen-bond donors (Lipinski definition) is 0. The molecular weight excluding hydrogens is 128 g/mol. The van der Waals surface area contributed by atoms with E-state index in [1.807, 2.05) is 0 Å². The van der Waals surface area contributed by atoms with Crippen molar-refractivity contribution in [3.8, 4) is 0 Å². The van der Waals surface area contributed by atoms with Crippen molar-refractivity contribution in [2.45, 2.75) is 12.8 Å². The van der Waals surface area contributed by atoms with E-state index in [4.69, 9.17) is 12.2 Å². The predicted molar refractivity (Wildman–Crippen MR) is 34.8 cm³/mol. The average Bonchev–Trinajstić information content (AvgIpc) is 1.91. The summed E-state index contributed by atoms with van der Waals surface area (Å²) in [6.45, 7) is 0. The second-order valence-corrected chi connectivity index (χ2v) is 3.87. The summed E-state index contributed by atoms with van der Waals surface area (Å²) in [4.78, 5) is 0. The van der Waals surface area contributed by atoms with Gasteiger partial charge in [-0.1, -0.05) is 12.2 Å². The van der Waals surface area contributed by atoms with E-state index < -0.39 is 10.8 Å². The fourth-order valence-electron chi connectivity index (χ4n) is 0.575. The van der Waals surface area contributed by atoms with Crippen molar-refractivity contribution >= 4 is 27.2 Å². The van der Waals surface area contributed by atoms with Gasteiger partial charge in [0.2, 0.25) is 0 Å². The molecule has 1 saturated heterocycles. The van der Waals surface area contributed by atoms with Gasteiger partial charge in [0.1, 0.15) is 0 Å². The lowest BCUT2D eigenvalue weighted by Gasteiger charge is -1.79. The molecule has 0 amide bonds. The van der Waals surface area contributed by atoms with Gasteiger partial charge in [-0.3, -0.25) is 4.21 Å². The lowest BCUT2D eigenvalue weighted by atomic mass is 10.4. The van der Waals surface area contributed by atoms with Crippen LogP contribution in [-0.2, 0) is 10.8 Å². The average molecular weight is 134 g/mol. The minimum Gasteiger partial charge on any atom is -0.254 e. The van der Waals surface area contributed by atoms with Crippen LogP contribution in [0.1, 0.15) is 12.8 Å². The Morgan fingerprint density at radius 2 is 2.43 bits per heavy atom. The molecular formula is C4H6OS2. The molecule has 0 saturated carbocycles. The Balaban J connectivity index is 2.65. The van der Waals surface area contributed by atoms with Crippen LogP contribution in [-0.4, -0.2) is 14.2 Å². The Labute approximate surface area is 50.6 Å². The van der Waals surface area contributed by atoms with Crippen molar-refractivity contribution in [2.75, 3.05) is 5.75 Å². The standard InChI is InChI=1S/C4H6OS2/c5-7-3-1-2-4(7)6/h1-3H2. The molecule has 3 heteroatoms. The van der Waals surface area contributed by atoms with Crippen LogP contribution in [0.4, 0.5) is 0 Å². The van der Waals surface area contributed by atoms with E-state index in [2.05, 4.69) is 0 Å². The summed E-state index contributed by atoms with van der Waals surface area (Å²) >= 11 is 4.74. The van der Waals surface area contributed by atoms with Gasteiger partial charge in [0.25, 0.3) is 0 Å². The van der Waals surface area contributed by atoms with Crippen LogP contribution >= 0.6 is 12.2 Å². The lowest BCUT2D eigenvalue weighted by molar-refractivity contribution is 0.691. The third-order valence-electron chi connectivity index (χ3n) is 0.965. The molecule has 1 heterocycles. The van der Waals surface area contributed by atoms with Gasteiger partial charge in [-0.05, 0) is 12.8 Å². The second-order valence-electron chi connectivity index (χ2n) is 1.53. The Morgan fingerprint density at radius 3 is 2.57 bits per heavy atom. The molecule has 0 bridgehead atoms. The summed E-state index contributed by atoms with van der Waals surface area (Å²) < 4.78 is 11.3. The van der Waals surface area contributed by atoms with Crippen LogP contribution in [0.3, 0.4) is 0 Å². The van der Waals surface area contributed by atoms with E-state index in [0.29, 0.717) is 0 Å². The highest BCUT2D eigenvalue weighted by molar-refractivity contribution is 8.13. The van der Waals surface area contributed by atoms with E-state index >= 15 is 0 Å². The molecule has 1 fully saturated rings. The summed E-state index contributed by atoms with van der Waals surface area (Å²) in [6.07, 6.45) is 1.94. The minimum atomic E-state index is -0.736. The summed E-state index contributed by atoms with van der Waals surface area (Å²) in [5.41, 5.74) is 0. The number of thiocarbonyl (C=S) groups is 1. The molecule has 1 rings (SSSR count). The van der Waals surface area contributed by atoms with Crippen LogP contribution in [0.15, 0.2) is 0 Å². The molecule has 1 nitrogen and oxygen atoms in total. The zero-order chi connectivity index (χ0) is 5.28. The molecule has 0 aromatic carbocycles. The van der Waals surface area contributed by atoms with Gasteiger partial charge in [-0.2, -0.15) is 0 Å². The summed E-state index contributed by atoms with van der Waals surface area (Å²) in [7, 11) is -0.736. The Morgan fingerprint density at radius 1 is 1.71 bits per heavy atom. The minimum absolute atomic E-state index is 0.736. The highest BCUT2D eigenvalue weighted by atomic mass is 32.2. The van der Waals surface area contributed by atoms with E-state index in [0.717, 1.165) is 22.8 Å². The first-order valence-corrected chi connectivity index (χ1v) is 3.94. The quantitative estimate of drug-likeness (QED) is 0.457. The smallest absolute Gasteiger partial charge is 0.0791 e. The van der Waals surface area contributed by atoms with Crippen molar-refractivity contribution in [2.24, 2.45) is 0 Å². The SMILES string of the molecule is O=S1CCCC1=S. The fraction of sp³-hybridized carbons (Fsp3) is 0.750. The van der Waals surface area contributed by atoms with Crippen LogP contribution in [0.2, 0.25) is 0 Å². The monoisotopic (exact) mass is 134 g/mol. The largest absolute Gasteiger partial charge is 0.254 e. The topological polar surface area (TPSA) is 17.1 Å². The zero-order valence-electron chi connectivity index (χ0n) is 3.85. The first-order valence-electron chi connectivity index (χ1n) is 2.22. The van der Waals surface area contributed by atoms with Crippen LogP contribution in [0.25, 0.3) is 0 Å². The lowest BCUT2D eigenvalue weighted by Crippen LogP contribution is -1.93. The fourth-order valence-corrected chi connectivity index (χ4v) is 1.98. The zero-order valence-corrected chi connectivity index (χ0v) is 5.48. The maximum Gasteiger partial charge on any atom is 0.0791 e. The first kappa shape index (κ1) is 5.38. The summed E-state index contributed by atoms with van der Waals surface area (Å²) in [5.74, 6) is 0.804. The molecule has 0 spiro atoms. The van der Waals surface area contributed by atoms with Crippen LogP contribution in [0, 0.1) is 0 Å². The molecule has 1 aliphatic rings. The van der Waals surface area contributed by atoms with E-state index in [1.54, 1.807) is 0 Å². The van der Waals surface area contributed by atoms with Crippen molar-refractivity contribution < 1.29 is 4.21 Å². The third-order valence-corrected chi connectivity index (χ3v) is 3.10. The van der Waals surface area contributed by atoms with Gasteiger partial charge in [0.05, 0.1) is 15.0 Å². The van der Waals surface area contributed by atoms with Gasteiger partial charge in [0, 0.05) is 5.75 Å². The van der Waals surface area contributed by atoms with Crippen molar-refractivity contribution in [1.82, 2.24) is 0 Å². The molecule has 0 aromatic rings. The summed E-state index contributed by atoms with van der Waals surface area (Å²) in [5, 5.41) is 0. The van der Waals surface area contributed by atoms with Crippen LogP contribution in [0.5, 0.6) is 0 Å². The maximum absolute atomic E-state index is 10.5. The van der Waals surface area contributed by atoms with E-state index in [9.17, 15) is 4.21 Å². The van der Waals surface area contributed by atoms with Gasteiger partial charge in [-0.15, -0.1) is 0 Å². The normalized spacial score (nSPS) is 31.4. The van der Waals surface area contributed by atoms with Gasteiger partial charge in [0.15, 0.2) is 0 Å². The molecule has 1 unspecified atom stereocenters. The molecule has 1 atom stereocenters. The van der Waals surface area contributed by atoms with Crippen molar-refractivity contribution in [3.63, 3.8) is 0 Å². The molecule has 40 valence electrons. The van der Waals surface area contributed by atoms with Crippen molar-refractivity contribution in [1.29, 1.82) is 0 Å². The Bertz CT molecular complexity index is 105. The third kappa shape index (κ3) is 1.07.